The second-order valence-corrected chi connectivity index (χ2v) is 7.04. The first-order chi connectivity index (χ1) is 15.0. The molecule has 2 heterocycles. The molecule has 4 aromatic rings. The minimum atomic E-state index is -0.703. The molecular formula is C22H21N5O4. The highest BCUT2D eigenvalue weighted by atomic mass is 16.5. The van der Waals surface area contributed by atoms with Gasteiger partial charge in [0.1, 0.15) is 0 Å². The molecule has 3 N–H and O–H groups in total. The Balaban J connectivity index is 1.48. The summed E-state index contributed by atoms with van der Waals surface area (Å²) < 4.78 is 6.38. The van der Waals surface area contributed by atoms with Gasteiger partial charge in [0, 0.05) is 29.9 Å². The molecule has 158 valence electrons. The van der Waals surface area contributed by atoms with Crippen LogP contribution in [0.15, 0.2) is 65.7 Å². The number of nitrogens with one attached hydrogen (secondary N) is 2. The predicted octanol–water partition coefficient (Wildman–Crippen LogP) is 2.05. The highest BCUT2D eigenvalue weighted by Crippen LogP contribution is 2.25. The fourth-order valence-corrected chi connectivity index (χ4v) is 3.29. The maximum Gasteiger partial charge on any atom is 0.272 e. The minimum Gasteiger partial charge on any atom is -0.389 e. The van der Waals surface area contributed by atoms with Gasteiger partial charge < -0.3 is 15.2 Å². The van der Waals surface area contributed by atoms with Crippen LogP contribution in [-0.4, -0.2) is 50.8 Å². The maximum atomic E-state index is 12.5. The van der Waals surface area contributed by atoms with Crippen LogP contribution in [0.4, 0.5) is 5.69 Å². The van der Waals surface area contributed by atoms with E-state index in [1.54, 1.807) is 30.5 Å². The molecule has 0 aliphatic heterocycles. The number of aromatic nitrogens is 4. The zero-order valence-electron chi connectivity index (χ0n) is 16.8. The number of ether oxygens (including phenoxy) is 1. The highest BCUT2D eigenvalue weighted by molar-refractivity contribution is 6.04. The number of anilines is 1. The Kier molecular flexibility index (Phi) is 5.87. The van der Waals surface area contributed by atoms with Gasteiger partial charge in [-0.1, -0.05) is 30.3 Å². The number of amides is 1. The van der Waals surface area contributed by atoms with E-state index in [9.17, 15) is 14.7 Å². The van der Waals surface area contributed by atoms with Crippen LogP contribution in [0, 0.1) is 0 Å². The van der Waals surface area contributed by atoms with Gasteiger partial charge >= 0.3 is 0 Å². The fourth-order valence-electron chi connectivity index (χ4n) is 3.29. The number of aliphatic hydroxyl groups excluding tert-OH is 1. The monoisotopic (exact) mass is 419 g/mol. The molecule has 0 saturated heterocycles. The Morgan fingerprint density at radius 1 is 1.19 bits per heavy atom. The highest BCUT2D eigenvalue weighted by Gasteiger charge is 2.12. The average Bonchev–Trinajstić information content (AvgIpc) is 3.24. The van der Waals surface area contributed by atoms with Crippen molar-refractivity contribution in [3.63, 3.8) is 0 Å². The third-order valence-electron chi connectivity index (χ3n) is 4.76. The standard InChI is InChI=1S/C22H21N5O4/c1-31-13-17(28)12-27-11-15(10-23-27)21(29)24-16-8-6-14(7-9-16)20-18-4-2-3-5-19(18)22(30)26-25-20/h2-11,17,28H,12-13H2,1H3,(H,24,29)(H,26,30). The Bertz CT molecular complexity index is 1260. The Morgan fingerprint density at radius 3 is 2.68 bits per heavy atom. The molecule has 0 radical (unpaired) electrons. The molecule has 9 heteroatoms. The number of aromatic amines is 1. The van der Waals surface area contributed by atoms with Crippen LogP contribution < -0.4 is 10.9 Å². The van der Waals surface area contributed by atoms with Gasteiger partial charge in [0.25, 0.3) is 11.5 Å². The van der Waals surface area contributed by atoms with Crippen molar-refractivity contribution in [3.8, 4) is 11.3 Å². The molecule has 31 heavy (non-hydrogen) atoms. The third-order valence-corrected chi connectivity index (χ3v) is 4.76. The van der Waals surface area contributed by atoms with Crippen LogP contribution in [0.2, 0.25) is 0 Å². The van der Waals surface area contributed by atoms with E-state index in [-0.39, 0.29) is 24.6 Å². The lowest BCUT2D eigenvalue weighted by Gasteiger charge is -2.09. The molecule has 2 aromatic heterocycles. The van der Waals surface area contributed by atoms with Gasteiger partial charge in [-0.25, -0.2) is 5.10 Å². The lowest BCUT2D eigenvalue weighted by atomic mass is 10.0. The molecule has 0 spiro atoms. The number of carbonyl (C=O) groups is 1. The second-order valence-electron chi connectivity index (χ2n) is 7.04. The average molecular weight is 419 g/mol. The number of fused-ring (bicyclic) bond motifs is 1. The van der Waals surface area contributed by atoms with Gasteiger partial charge in [-0.3, -0.25) is 14.3 Å². The molecule has 0 saturated carbocycles. The summed E-state index contributed by atoms with van der Waals surface area (Å²) in [6.07, 6.45) is 2.31. The summed E-state index contributed by atoms with van der Waals surface area (Å²) >= 11 is 0. The summed E-state index contributed by atoms with van der Waals surface area (Å²) in [5.41, 5.74) is 2.21. The Morgan fingerprint density at radius 2 is 1.94 bits per heavy atom. The molecule has 1 unspecified atom stereocenters. The van der Waals surface area contributed by atoms with Crippen LogP contribution >= 0.6 is 0 Å². The molecule has 1 amide bonds. The summed E-state index contributed by atoms with van der Waals surface area (Å²) in [6, 6.07) is 14.5. The van der Waals surface area contributed by atoms with Crippen molar-refractivity contribution in [2.75, 3.05) is 19.0 Å². The number of H-pyrrole nitrogens is 1. The van der Waals surface area contributed by atoms with Gasteiger partial charge in [-0.15, -0.1) is 0 Å². The van der Waals surface area contributed by atoms with E-state index in [2.05, 4.69) is 20.6 Å². The van der Waals surface area contributed by atoms with Crippen molar-refractivity contribution < 1.29 is 14.6 Å². The van der Waals surface area contributed by atoms with Crippen LogP contribution in [-0.2, 0) is 11.3 Å². The number of rotatable bonds is 7. The Labute approximate surface area is 177 Å². The summed E-state index contributed by atoms with van der Waals surface area (Å²) in [6.45, 7) is 0.420. The van der Waals surface area contributed by atoms with Crippen LogP contribution in [0.1, 0.15) is 10.4 Å². The van der Waals surface area contributed by atoms with Crippen molar-refractivity contribution in [1.29, 1.82) is 0 Å². The number of methoxy groups -OCH3 is 1. The van der Waals surface area contributed by atoms with Crippen LogP contribution in [0.5, 0.6) is 0 Å². The SMILES string of the molecule is COCC(O)Cn1cc(C(=O)Nc2ccc(-c3n[nH]c(=O)c4ccccc34)cc2)cn1. The molecule has 0 aliphatic carbocycles. The zero-order valence-corrected chi connectivity index (χ0v) is 16.8. The first-order valence-electron chi connectivity index (χ1n) is 9.64. The largest absolute Gasteiger partial charge is 0.389 e. The van der Waals surface area contributed by atoms with E-state index in [0.29, 0.717) is 22.3 Å². The van der Waals surface area contributed by atoms with Gasteiger partial charge in [-0.2, -0.15) is 10.2 Å². The molecule has 1 atom stereocenters. The minimum absolute atomic E-state index is 0.188. The number of aliphatic hydroxyl groups is 1. The lowest BCUT2D eigenvalue weighted by Crippen LogP contribution is -2.21. The van der Waals surface area contributed by atoms with Crippen molar-refractivity contribution in [2.45, 2.75) is 12.6 Å². The van der Waals surface area contributed by atoms with Crippen molar-refractivity contribution in [3.05, 3.63) is 76.8 Å². The number of benzene rings is 2. The zero-order chi connectivity index (χ0) is 21.8. The maximum absolute atomic E-state index is 12.5. The number of hydrogen-bond acceptors (Lipinski definition) is 6. The molecule has 2 aromatic carbocycles. The smallest absolute Gasteiger partial charge is 0.272 e. The lowest BCUT2D eigenvalue weighted by molar-refractivity contribution is 0.0514. The van der Waals surface area contributed by atoms with E-state index in [1.807, 2.05) is 24.3 Å². The number of nitrogens with zero attached hydrogens (tertiary/aromatic N) is 3. The molecule has 4 rings (SSSR count). The summed E-state index contributed by atoms with van der Waals surface area (Å²) in [5.74, 6) is -0.312. The van der Waals surface area contributed by atoms with Gasteiger partial charge in [0.2, 0.25) is 0 Å². The topological polar surface area (TPSA) is 122 Å². The van der Waals surface area contributed by atoms with E-state index in [4.69, 9.17) is 4.74 Å². The Hall–Kier alpha value is -3.82. The number of hydrogen-bond donors (Lipinski definition) is 3. The quantitative estimate of drug-likeness (QED) is 0.421. The van der Waals surface area contributed by atoms with Crippen molar-refractivity contribution >= 4 is 22.4 Å². The van der Waals surface area contributed by atoms with Gasteiger partial charge in [0.05, 0.1) is 42.1 Å². The molecule has 0 fully saturated rings. The van der Waals surface area contributed by atoms with E-state index in [1.165, 1.54) is 18.0 Å². The van der Waals surface area contributed by atoms with Gasteiger partial charge in [-0.05, 0) is 18.2 Å². The van der Waals surface area contributed by atoms with Crippen molar-refractivity contribution in [1.82, 2.24) is 20.0 Å². The fraction of sp³-hybridized carbons (Fsp3) is 0.182. The molecular weight excluding hydrogens is 398 g/mol. The van der Waals surface area contributed by atoms with E-state index < -0.39 is 6.10 Å². The first-order valence-corrected chi connectivity index (χ1v) is 9.64. The third kappa shape index (κ3) is 4.52. The van der Waals surface area contributed by atoms with Crippen molar-refractivity contribution in [2.24, 2.45) is 0 Å². The normalized spacial score (nSPS) is 12.1. The summed E-state index contributed by atoms with van der Waals surface area (Å²) in [5, 5.41) is 24.7. The summed E-state index contributed by atoms with van der Waals surface area (Å²) in [7, 11) is 1.51. The van der Waals surface area contributed by atoms with Crippen LogP contribution in [0.25, 0.3) is 22.0 Å². The van der Waals surface area contributed by atoms with E-state index >= 15 is 0 Å². The number of carbonyl (C=O) groups excluding carboxylic acids is 1. The molecule has 9 nitrogen and oxygen atoms in total. The molecule has 0 aliphatic rings. The second kappa shape index (κ2) is 8.90. The summed E-state index contributed by atoms with van der Waals surface area (Å²) in [4.78, 5) is 24.5. The first kappa shape index (κ1) is 20.5. The van der Waals surface area contributed by atoms with Gasteiger partial charge in [0.15, 0.2) is 0 Å². The predicted molar refractivity (Wildman–Crippen MR) is 116 cm³/mol. The molecule has 0 bridgehead atoms. The van der Waals surface area contributed by atoms with E-state index in [0.717, 1.165) is 10.9 Å². The van der Waals surface area contributed by atoms with Crippen LogP contribution in [0.3, 0.4) is 0 Å².